The molecule has 3 aromatic rings. The van der Waals surface area contributed by atoms with E-state index in [1.165, 1.54) is 6.26 Å². The molecule has 8 nitrogen and oxygen atoms in total. The van der Waals surface area contributed by atoms with Gasteiger partial charge in [-0.05, 0) is 48.5 Å². The normalized spacial score (nSPS) is 13.5. The molecule has 2 aromatic carbocycles. The Kier molecular flexibility index (Phi) is 6.21. The molecule has 0 spiro atoms. The second-order valence-electron chi connectivity index (χ2n) is 7.29. The van der Waals surface area contributed by atoms with E-state index >= 15 is 0 Å². The number of rotatable bonds is 5. The van der Waals surface area contributed by atoms with Crippen LogP contribution in [0.3, 0.4) is 0 Å². The van der Waals surface area contributed by atoms with Crippen molar-refractivity contribution in [2.45, 2.75) is 0 Å². The fraction of sp³-hybridized carbons (Fsp3) is 0.208. The molecule has 0 saturated carbocycles. The molecule has 0 bridgehead atoms. The number of hydrogen-bond donors (Lipinski definition) is 1. The van der Waals surface area contributed by atoms with E-state index in [1.807, 2.05) is 0 Å². The van der Waals surface area contributed by atoms with E-state index in [-0.39, 0.29) is 23.5 Å². The van der Waals surface area contributed by atoms with Gasteiger partial charge in [-0.25, -0.2) is 0 Å². The van der Waals surface area contributed by atoms with Gasteiger partial charge in [0.15, 0.2) is 5.76 Å². The second kappa shape index (κ2) is 9.38. The number of methoxy groups -OCH3 is 1. The summed E-state index contributed by atoms with van der Waals surface area (Å²) in [6.07, 6.45) is 1.46. The van der Waals surface area contributed by atoms with Gasteiger partial charge in [0.25, 0.3) is 17.7 Å². The van der Waals surface area contributed by atoms with Gasteiger partial charge in [0.1, 0.15) is 5.75 Å². The number of amides is 3. The summed E-state index contributed by atoms with van der Waals surface area (Å²) in [5.74, 6) is 0.245. The number of carbonyl (C=O) groups is 3. The summed E-state index contributed by atoms with van der Waals surface area (Å²) in [6, 6.07) is 16.9. The molecule has 0 atom stereocenters. The highest BCUT2D eigenvalue weighted by molar-refractivity contribution is 6.09. The standard InChI is InChI=1S/C24H23N3O5/c1-31-18-10-8-17(9-11-18)22(28)25-20-6-3-2-5-19(20)23(29)26-12-14-27(15-13-26)24(30)21-7-4-16-32-21/h2-11,16H,12-15H2,1H3,(H,25,28). The van der Waals surface area contributed by atoms with Gasteiger partial charge in [0, 0.05) is 31.7 Å². The molecule has 1 aromatic heterocycles. The first-order valence-electron chi connectivity index (χ1n) is 10.2. The van der Waals surface area contributed by atoms with Crippen LogP contribution in [-0.4, -0.2) is 60.8 Å². The summed E-state index contributed by atoms with van der Waals surface area (Å²) < 4.78 is 10.3. The van der Waals surface area contributed by atoms with Gasteiger partial charge >= 0.3 is 0 Å². The zero-order chi connectivity index (χ0) is 22.5. The molecule has 1 saturated heterocycles. The number of nitrogens with zero attached hydrogens (tertiary/aromatic N) is 2. The minimum atomic E-state index is -0.318. The van der Waals surface area contributed by atoms with Crippen LogP contribution in [0, 0.1) is 0 Å². The third-order valence-corrected chi connectivity index (χ3v) is 5.34. The molecule has 4 rings (SSSR count). The smallest absolute Gasteiger partial charge is 0.289 e. The Labute approximate surface area is 185 Å². The second-order valence-corrected chi connectivity index (χ2v) is 7.29. The third kappa shape index (κ3) is 4.49. The Morgan fingerprint density at radius 2 is 1.50 bits per heavy atom. The molecule has 0 radical (unpaired) electrons. The van der Waals surface area contributed by atoms with Gasteiger partial charge in [0.05, 0.1) is 24.6 Å². The predicted molar refractivity (Wildman–Crippen MR) is 118 cm³/mol. The Bertz CT molecular complexity index is 1100. The molecule has 2 heterocycles. The van der Waals surface area contributed by atoms with Crippen molar-refractivity contribution in [1.29, 1.82) is 0 Å². The highest BCUT2D eigenvalue weighted by atomic mass is 16.5. The fourth-order valence-corrected chi connectivity index (χ4v) is 3.55. The van der Waals surface area contributed by atoms with Gasteiger partial charge in [-0.3, -0.25) is 14.4 Å². The molecule has 8 heteroatoms. The van der Waals surface area contributed by atoms with Crippen LogP contribution in [0.25, 0.3) is 0 Å². The Morgan fingerprint density at radius 1 is 0.844 bits per heavy atom. The predicted octanol–water partition coefficient (Wildman–Crippen LogP) is 3.14. The summed E-state index contributed by atoms with van der Waals surface area (Å²) in [7, 11) is 1.56. The van der Waals surface area contributed by atoms with Crippen molar-refractivity contribution in [2.75, 3.05) is 38.6 Å². The molecule has 164 valence electrons. The van der Waals surface area contributed by atoms with Gasteiger partial charge in [0.2, 0.25) is 0 Å². The highest BCUT2D eigenvalue weighted by Crippen LogP contribution is 2.20. The number of para-hydroxylation sites is 1. The van der Waals surface area contributed by atoms with Gasteiger partial charge < -0.3 is 24.3 Å². The van der Waals surface area contributed by atoms with E-state index in [0.29, 0.717) is 48.7 Å². The lowest BCUT2D eigenvalue weighted by Gasteiger charge is -2.34. The van der Waals surface area contributed by atoms with Crippen LogP contribution in [0.1, 0.15) is 31.3 Å². The maximum atomic E-state index is 13.2. The van der Waals surface area contributed by atoms with Crippen molar-refractivity contribution >= 4 is 23.4 Å². The number of furan rings is 1. The zero-order valence-corrected chi connectivity index (χ0v) is 17.6. The number of benzene rings is 2. The first kappa shape index (κ1) is 21.2. The van der Waals surface area contributed by atoms with Gasteiger partial charge in [-0.2, -0.15) is 0 Å². The van der Waals surface area contributed by atoms with E-state index in [4.69, 9.17) is 9.15 Å². The molecule has 1 fully saturated rings. The molecule has 3 amide bonds. The molecule has 0 unspecified atom stereocenters. The first-order valence-corrected chi connectivity index (χ1v) is 10.2. The Hall–Kier alpha value is -4.07. The lowest BCUT2D eigenvalue weighted by atomic mass is 10.1. The summed E-state index contributed by atoms with van der Waals surface area (Å²) in [6.45, 7) is 1.61. The van der Waals surface area contributed by atoms with E-state index < -0.39 is 0 Å². The van der Waals surface area contributed by atoms with Crippen LogP contribution in [0.5, 0.6) is 5.75 Å². The number of carbonyl (C=O) groups excluding carboxylic acids is 3. The topological polar surface area (TPSA) is 92.1 Å². The molecule has 32 heavy (non-hydrogen) atoms. The highest BCUT2D eigenvalue weighted by Gasteiger charge is 2.27. The lowest BCUT2D eigenvalue weighted by molar-refractivity contribution is 0.0518. The molecule has 1 aliphatic rings. The number of hydrogen-bond acceptors (Lipinski definition) is 5. The van der Waals surface area contributed by atoms with E-state index in [9.17, 15) is 14.4 Å². The number of anilines is 1. The van der Waals surface area contributed by atoms with Crippen LogP contribution < -0.4 is 10.1 Å². The van der Waals surface area contributed by atoms with Crippen LogP contribution in [0.15, 0.2) is 71.3 Å². The quantitative estimate of drug-likeness (QED) is 0.667. The van der Waals surface area contributed by atoms with Crippen LogP contribution in [0.2, 0.25) is 0 Å². The van der Waals surface area contributed by atoms with Crippen LogP contribution in [0.4, 0.5) is 5.69 Å². The summed E-state index contributed by atoms with van der Waals surface area (Å²) >= 11 is 0. The molecule has 1 N–H and O–H groups in total. The molecular formula is C24H23N3O5. The van der Waals surface area contributed by atoms with Crippen molar-refractivity contribution in [2.24, 2.45) is 0 Å². The Morgan fingerprint density at radius 3 is 2.12 bits per heavy atom. The lowest BCUT2D eigenvalue weighted by Crippen LogP contribution is -2.50. The maximum Gasteiger partial charge on any atom is 0.289 e. The fourth-order valence-electron chi connectivity index (χ4n) is 3.55. The van der Waals surface area contributed by atoms with E-state index in [0.717, 1.165) is 0 Å². The van der Waals surface area contributed by atoms with Crippen molar-refractivity contribution < 1.29 is 23.5 Å². The number of nitrogens with one attached hydrogen (secondary N) is 1. The Balaban J connectivity index is 1.42. The van der Waals surface area contributed by atoms with Crippen molar-refractivity contribution in [3.63, 3.8) is 0 Å². The average Bonchev–Trinajstić information content (AvgIpc) is 3.39. The minimum Gasteiger partial charge on any atom is -0.497 e. The number of piperazine rings is 1. The maximum absolute atomic E-state index is 13.2. The van der Waals surface area contributed by atoms with E-state index in [2.05, 4.69) is 5.32 Å². The van der Waals surface area contributed by atoms with Gasteiger partial charge in [-0.15, -0.1) is 0 Å². The zero-order valence-electron chi connectivity index (χ0n) is 17.6. The minimum absolute atomic E-state index is 0.186. The molecule has 1 aliphatic heterocycles. The summed E-state index contributed by atoms with van der Waals surface area (Å²) in [5, 5.41) is 2.83. The third-order valence-electron chi connectivity index (χ3n) is 5.34. The summed E-state index contributed by atoms with van der Waals surface area (Å²) in [5.41, 5.74) is 1.30. The van der Waals surface area contributed by atoms with Crippen LogP contribution >= 0.6 is 0 Å². The van der Waals surface area contributed by atoms with Crippen LogP contribution in [-0.2, 0) is 0 Å². The van der Waals surface area contributed by atoms with Crippen molar-refractivity contribution in [1.82, 2.24) is 9.80 Å². The average molecular weight is 433 g/mol. The molecule has 0 aliphatic carbocycles. The summed E-state index contributed by atoms with van der Waals surface area (Å²) in [4.78, 5) is 41.6. The van der Waals surface area contributed by atoms with Gasteiger partial charge in [-0.1, -0.05) is 12.1 Å². The first-order chi connectivity index (χ1) is 15.6. The van der Waals surface area contributed by atoms with Crippen molar-refractivity contribution in [3.05, 3.63) is 83.8 Å². The SMILES string of the molecule is COc1ccc(C(=O)Nc2ccccc2C(=O)N2CCN(C(=O)c3ccco3)CC2)cc1. The largest absolute Gasteiger partial charge is 0.497 e. The van der Waals surface area contributed by atoms with E-state index in [1.54, 1.807) is 77.6 Å². The number of ether oxygens (including phenoxy) is 1. The monoisotopic (exact) mass is 433 g/mol. The molecular weight excluding hydrogens is 410 g/mol. The van der Waals surface area contributed by atoms with Crippen molar-refractivity contribution in [3.8, 4) is 5.75 Å².